The number of rotatable bonds is 7. The topological polar surface area (TPSA) is 50.4 Å². The van der Waals surface area contributed by atoms with Gasteiger partial charge in [-0.15, -0.1) is 0 Å². The van der Waals surface area contributed by atoms with Crippen molar-refractivity contribution >= 4 is 17.2 Å². The van der Waals surface area contributed by atoms with Crippen molar-refractivity contribution in [2.75, 3.05) is 13.2 Å². The molecular formula is C19H24N2O2S. The standard InChI is InChI=1S/C19H24N2O2S/c1-14(17-7-9-24-13-17)20-11-15-4-2-5-16(10-15)19(22)21-12-18-6-3-8-23-18/h2,4-5,7,9-10,13-14,18,20H,3,6,8,11-12H2,1H3,(H,21,22). The second-order valence-electron chi connectivity index (χ2n) is 6.20. The number of ether oxygens (including phenoxy) is 1. The van der Waals surface area contributed by atoms with Gasteiger partial charge < -0.3 is 15.4 Å². The molecule has 1 aliphatic rings. The predicted octanol–water partition coefficient (Wildman–Crippen LogP) is 3.51. The first-order valence-electron chi connectivity index (χ1n) is 8.46. The van der Waals surface area contributed by atoms with Gasteiger partial charge in [-0.25, -0.2) is 0 Å². The maximum atomic E-state index is 12.3. The van der Waals surface area contributed by atoms with Crippen LogP contribution in [0, 0.1) is 0 Å². The van der Waals surface area contributed by atoms with Crippen LogP contribution in [-0.2, 0) is 11.3 Å². The fourth-order valence-corrected chi connectivity index (χ4v) is 3.60. The highest BCUT2D eigenvalue weighted by molar-refractivity contribution is 7.07. The molecule has 0 spiro atoms. The molecule has 1 aromatic carbocycles. The minimum atomic E-state index is -0.0294. The van der Waals surface area contributed by atoms with Crippen LogP contribution >= 0.6 is 11.3 Å². The van der Waals surface area contributed by atoms with Gasteiger partial charge in [-0.1, -0.05) is 12.1 Å². The molecule has 2 aromatic rings. The highest BCUT2D eigenvalue weighted by atomic mass is 32.1. The van der Waals surface area contributed by atoms with E-state index in [1.54, 1.807) is 11.3 Å². The lowest BCUT2D eigenvalue weighted by Gasteiger charge is -2.14. The SMILES string of the molecule is CC(NCc1cccc(C(=O)NCC2CCCO2)c1)c1ccsc1. The summed E-state index contributed by atoms with van der Waals surface area (Å²) in [6.45, 7) is 4.30. The molecule has 0 aliphatic carbocycles. The Kier molecular flexibility index (Phi) is 6.01. The minimum absolute atomic E-state index is 0.0294. The summed E-state index contributed by atoms with van der Waals surface area (Å²) >= 11 is 1.71. The average molecular weight is 344 g/mol. The number of hydrogen-bond donors (Lipinski definition) is 2. The Morgan fingerprint density at radius 2 is 2.33 bits per heavy atom. The van der Waals surface area contributed by atoms with Gasteiger partial charge in [-0.2, -0.15) is 11.3 Å². The smallest absolute Gasteiger partial charge is 0.251 e. The molecule has 2 atom stereocenters. The van der Waals surface area contributed by atoms with Gasteiger partial charge in [-0.05, 0) is 59.9 Å². The van der Waals surface area contributed by atoms with Crippen LogP contribution < -0.4 is 10.6 Å². The summed E-state index contributed by atoms with van der Waals surface area (Å²) in [5, 5.41) is 10.7. The van der Waals surface area contributed by atoms with Crippen LogP contribution in [0.2, 0.25) is 0 Å². The lowest BCUT2D eigenvalue weighted by Crippen LogP contribution is -2.31. The summed E-state index contributed by atoms with van der Waals surface area (Å²) in [5.41, 5.74) is 3.11. The maximum Gasteiger partial charge on any atom is 0.251 e. The molecule has 24 heavy (non-hydrogen) atoms. The number of amides is 1. The number of nitrogens with one attached hydrogen (secondary N) is 2. The number of hydrogen-bond acceptors (Lipinski definition) is 4. The summed E-state index contributed by atoms with van der Waals surface area (Å²) < 4.78 is 5.54. The van der Waals surface area contributed by atoms with Gasteiger partial charge in [0.15, 0.2) is 0 Å². The largest absolute Gasteiger partial charge is 0.376 e. The van der Waals surface area contributed by atoms with Crippen molar-refractivity contribution in [3.05, 3.63) is 57.8 Å². The van der Waals surface area contributed by atoms with Crippen LogP contribution in [-0.4, -0.2) is 25.2 Å². The molecule has 0 bridgehead atoms. The maximum absolute atomic E-state index is 12.3. The quantitative estimate of drug-likeness (QED) is 0.808. The van der Waals surface area contributed by atoms with Gasteiger partial charge in [0.05, 0.1) is 6.10 Å². The third kappa shape index (κ3) is 4.66. The number of benzene rings is 1. The Balaban J connectivity index is 1.52. The van der Waals surface area contributed by atoms with Crippen molar-refractivity contribution in [1.82, 2.24) is 10.6 Å². The fourth-order valence-electron chi connectivity index (χ4n) is 2.85. The van der Waals surface area contributed by atoms with E-state index in [1.807, 2.05) is 24.3 Å². The predicted molar refractivity (Wildman–Crippen MR) is 97.3 cm³/mol. The molecule has 1 aromatic heterocycles. The first-order chi connectivity index (χ1) is 11.7. The lowest BCUT2D eigenvalue weighted by molar-refractivity contribution is 0.0857. The third-order valence-electron chi connectivity index (χ3n) is 4.36. The molecular weight excluding hydrogens is 320 g/mol. The van der Waals surface area contributed by atoms with Crippen molar-refractivity contribution in [3.63, 3.8) is 0 Å². The molecule has 1 aliphatic heterocycles. The van der Waals surface area contributed by atoms with Gasteiger partial charge in [-0.3, -0.25) is 4.79 Å². The zero-order chi connectivity index (χ0) is 16.8. The van der Waals surface area contributed by atoms with E-state index >= 15 is 0 Å². The molecule has 0 radical (unpaired) electrons. The van der Waals surface area contributed by atoms with E-state index in [4.69, 9.17) is 4.74 Å². The molecule has 1 amide bonds. The van der Waals surface area contributed by atoms with Crippen molar-refractivity contribution in [1.29, 1.82) is 0 Å². The summed E-state index contributed by atoms with van der Waals surface area (Å²) in [5.74, 6) is -0.0294. The third-order valence-corrected chi connectivity index (χ3v) is 5.06. The molecule has 0 saturated carbocycles. The van der Waals surface area contributed by atoms with Gasteiger partial charge in [0, 0.05) is 31.3 Å². The minimum Gasteiger partial charge on any atom is -0.376 e. The highest BCUT2D eigenvalue weighted by Gasteiger charge is 2.16. The van der Waals surface area contributed by atoms with Crippen LogP contribution in [0.25, 0.3) is 0 Å². The fraction of sp³-hybridized carbons (Fsp3) is 0.421. The first kappa shape index (κ1) is 17.1. The molecule has 2 unspecified atom stereocenters. The number of thiophene rings is 1. The Morgan fingerprint density at radius 1 is 1.42 bits per heavy atom. The Bertz CT molecular complexity index is 651. The van der Waals surface area contributed by atoms with Crippen molar-refractivity contribution < 1.29 is 9.53 Å². The van der Waals surface area contributed by atoms with Gasteiger partial charge in [0.25, 0.3) is 5.91 Å². The summed E-state index contributed by atoms with van der Waals surface area (Å²) in [6, 6.07) is 10.2. The molecule has 128 valence electrons. The molecule has 4 nitrogen and oxygen atoms in total. The average Bonchev–Trinajstić information content (AvgIpc) is 3.31. The summed E-state index contributed by atoms with van der Waals surface area (Å²) in [6.07, 6.45) is 2.29. The van der Waals surface area contributed by atoms with E-state index in [9.17, 15) is 4.79 Å². The van der Waals surface area contributed by atoms with Crippen molar-refractivity contribution in [3.8, 4) is 0 Å². The van der Waals surface area contributed by atoms with Gasteiger partial charge >= 0.3 is 0 Å². The second kappa shape index (κ2) is 8.42. The highest BCUT2D eigenvalue weighted by Crippen LogP contribution is 2.16. The zero-order valence-corrected chi connectivity index (χ0v) is 14.8. The zero-order valence-electron chi connectivity index (χ0n) is 14.0. The Hall–Kier alpha value is -1.69. The van der Waals surface area contributed by atoms with E-state index in [1.165, 1.54) is 5.56 Å². The van der Waals surface area contributed by atoms with Crippen molar-refractivity contribution in [2.45, 2.75) is 38.5 Å². The molecule has 1 saturated heterocycles. The second-order valence-corrected chi connectivity index (χ2v) is 6.98. The number of carbonyl (C=O) groups excluding carboxylic acids is 1. The van der Waals surface area contributed by atoms with E-state index in [0.29, 0.717) is 18.2 Å². The van der Waals surface area contributed by atoms with Crippen LogP contribution in [0.5, 0.6) is 0 Å². The van der Waals surface area contributed by atoms with E-state index < -0.39 is 0 Å². The molecule has 3 rings (SSSR count). The normalized spacial score (nSPS) is 18.5. The van der Waals surface area contributed by atoms with E-state index in [0.717, 1.165) is 31.6 Å². The van der Waals surface area contributed by atoms with Crippen LogP contribution in [0.4, 0.5) is 0 Å². The van der Waals surface area contributed by atoms with Crippen LogP contribution in [0.1, 0.15) is 47.3 Å². The van der Waals surface area contributed by atoms with Gasteiger partial charge in [0.1, 0.15) is 0 Å². The monoisotopic (exact) mass is 344 g/mol. The Morgan fingerprint density at radius 3 is 3.08 bits per heavy atom. The summed E-state index contributed by atoms with van der Waals surface area (Å²) in [4.78, 5) is 12.3. The van der Waals surface area contributed by atoms with Crippen LogP contribution in [0.3, 0.4) is 0 Å². The van der Waals surface area contributed by atoms with Gasteiger partial charge in [0.2, 0.25) is 0 Å². The molecule has 1 fully saturated rings. The molecule has 5 heteroatoms. The summed E-state index contributed by atoms with van der Waals surface area (Å²) in [7, 11) is 0. The van der Waals surface area contributed by atoms with Crippen LogP contribution in [0.15, 0.2) is 41.1 Å². The number of carbonyl (C=O) groups is 1. The van der Waals surface area contributed by atoms with Crippen molar-refractivity contribution in [2.24, 2.45) is 0 Å². The van der Waals surface area contributed by atoms with E-state index in [2.05, 4.69) is 34.4 Å². The van der Waals surface area contributed by atoms with E-state index in [-0.39, 0.29) is 12.0 Å². The lowest BCUT2D eigenvalue weighted by atomic mass is 10.1. The first-order valence-corrected chi connectivity index (χ1v) is 9.41. The molecule has 2 heterocycles. The molecule has 2 N–H and O–H groups in total. The Labute approximate surface area is 147 Å².